The Kier molecular flexibility index (Phi) is 13.5. The van der Waals surface area contributed by atoms with Gasteiger partial charge >= 0.3 is 0 Å². The van der Waals surface area contributed by atoms with E-state index in [-0.39, 0.29) is 36.8 Å². The van der Waals surface area contributed by atoms with Gasteiger partial charge in [-0.15, -0.1) is 0 Å². The van der Waals surface area contributed by atoms with Crippen LogP contribution in [0.15, 0.2) is 60.8 Å². The van der Waals surface area contributed by atoms with Crippen LogP contribution in [0.5, 0.6) is 0 Å². The summed E-state index contributed by atoms with van der Waals surface area (Å²) < 4.78 is 0. The molecular weight excluding hydrogens is 638 g/mol. The maximum atomic E-state index is 13.5. The number of aliphatic hydroxyl groups excluding tert-OH is 3. The molecule has 0 spiro atoms. The van der Waals surface area contributed by atoms with E-state index in [0.29, 0.717) is 12.8 Å². The average Bonchev–Trinajstić information content (AvgIpc) is 3.39. The zero-order valence-corrected chi connectivity index (χ0v) is 29.4. The highest BCUT2D eigenvalue weighted by molar-refractivity contribution is 5.99. The molecule has 1 heterocycles. The van der Waals surface area contributed by atoms with E-state index in [1.54, 1.807) is 13.0 Å². The summed E-state index contributed by atoms with van der Waals surface area (Å²) in [4.78, 5) is 57.6. The molecule has 1 aromatic heterocycles. The smallest absolute Gasteiger partial charge is 0.253 e. The third kappa shape index (κ3) is 9.86. The van der Waals surface area contributed by atoms with Crippen molar-refractivity contribution in [2.45, 2.75) is 96.7 Å². The molecule has 4 rings (SSSR count). The molecule has 0 saturated carbocycles. The number of benzene rings is 2. The molecule has 0 aliphatic heterocycles. The molecule has 7 N–H and O–H groups in total. The molecule has 0 bridgehead atoms. The minimum absolute atomic E-state index is 0.00949. The van der Waals surface area contributed by atoms with Gasteiger partial charge in [0.05, 0.1) is 35.4 Å². The van der Waals surface area contributed by atoms with Crippen molar-refractivity contribution >= 4 is 34.5 Å². The molecule has 3 aromatic rings. The number of aromatic nitrogens is 1. The molecule has 50 heavy (non-hydrogen) atoms. The van der Waals surface area contributed by atoms with Gasteiger partial charge in [0.15, 0.2) is 0 Å². The number of hydrogen-bond donors (Lipinski definition) is 7. The van der Waals surface area contributed by atoms with Gasteiger partial charge in [0.25, 0.3) is 5.91 Å². The fourth-order valence-corrected chi connectivity index (χ4v) is 6.39. The molecule has 4 amide bonds. The zero-order valence-electron chi connectivity index (χ0n) is 29.4. The van der Waals surface area contributed by atoms with E-state index in [1.165, 1.54) is 6.20 Å². The van der Waals surface area contributed by atoms with Crippen LogP contribution in [0, 0.1) is 17.8 Å². The molecule has 12 heteroatoms. The van der Waals surface area contributed by atoms with Gasteiger partial charge in [0.2, 0.25) is 17.7 Å². The highest BCUT2D eigenvalue weighted by Crippen LogP contribution is 2.31. The second-order valence-corrected chi connectivity index (χ2v) is 14.1. The summed E-state index contributed by atoms with van der Waals surface area (Å²) in [7, 11) is 0. The number of carbonyl (C=O) groups is 4. The Morgan fingerprint density at radius 2 is 1.58 bits per heavy atom. The van der Waals surface area contributed by atoms with Crippen molar-refractivity contribution in [3.05, 3.63) is 77.5 Å². The van der Waals surface area contributed by atoms with Crippen LogP contribution < -0.4 is 21.3 Å². The van der Waals surface area contributed by atoms with E-state index in [9.17, 15) is 34.5 Å². The van der Waals surface area contributed by atoms with Gasteiger partial charge in [0, 0.05) is 30.5 Å². The van der Waals surface area contributed by atoms with Gasteiger partial charge in [-0.2, -0.15) is 0 Å². The molecule has 0 saturated heterocycles. The number of nitrogens with one attached hydrogen (secondary N) is 4. The summed E-state index contributed by atoms with van der Waals surface area (Å²) in [6, 6.07) is 13.2. The van der Waals surface area contributed by atoms with Crippen molar-refractivity contribution in [1.29, 1.82) is 0 Å². The predicted molar refractivity (Wildman–Crippen MR) is 190 cm³/mol. The van der Waals surface area contributed by atoms with Crippen LogP contribution in [-0.2, 0) is 20.8 Å². The minimum Gasteiger partial charge on any atom is -0.396 e. The number of pyridine rings is 1. The number of fused-ring (bicyclic) bond motifs is 2. The van der Waals surface area contributed by atoms with Crippen LogP contribution in [0.4, 0.5) is 0 Å². The number of carbonyl (C=O) groups excluding carboxylic acids is 4. The second-order valence-electron chi connectivity index (χ2n) is 14.1. The summed E-state index contributed by atoms with van der Waals surface area (Å²) >= 11 is 0. The molecule has 0 unspecified atom stereocenters. The van der Waals surface area contributed by atoms with Crippen molar-refractivity contribution in [2.24, 2.45) is 17.8 Å². The Hall–Kier alpha value is -4.39. The second kappa shape index (κ2) is 17.5. The van der Waals surface area contributed by atoms with Gasteiger partial charge < -0.3 is 36.6 Å². The molecule has 7 atom stereocenters. The Balaban J connectivity index is 1.38. The van der Waals surface area contributed by atoms with Gasteiger partial charge in [-0.1, -0.05) is 77.1 Å². The van der Waals surface area contributed by atoms with Crippen LogP contribution in [-0.4, -0.2) is 80.9 Å². The van der Waals surface area contributed by atoms with Crippen molar-refractivity contribution in [2.75, 3.05) is 6.61 Å². The molecule has 12 nitrogen and oxygen atoms in total. The maximum Gasteiger partial charge on any atom is 0.253 e. The fraction of sp³-hybridized carbons (Fsp3) is 0.500. The van der Waals surface area contributed by atoms with Gasteiger partial charge in [0.1, 0.15) is 12.1 Å². The number of hydrogen-bond acceptors (Lipinski definition) is 8. The van der Waals surface area contributed by atoms with Crippen LogP contribution in [0.25, 0.3) is 10.9 Å². The summed E-state index contributed by atoms with van der Waals surface area (Å²) in [6.45, 7) is 8.79. The monoisotopic (exact) mass is 689 g/mol. The Morgan fingerprint density at radius 1 is 0.880 bits per heavy atom. The lowest BCUT2D eigenvalue weighted by atomic mass is 9.91. The normalized spacial score (nSPS) is 18.5. The SMILES string of the molecule is CC(C)C[C@H](NC(=O)[C@H](CCO)NC(=O)c1cnc2ccccc2c1)[C@@H](O)C[C@@H](C)C(=O)N[C@H](C(=O)N[C@H]1c2ccccc2C[C@H]1O)C(C)C. The van der Waals surface area contributed by atoms with Gasteiger partial charge in [-0.3, -0.25) is 24.2 Å². The lowest BCUT2D eigenvalue weighted by Crippen LogP contribution is -2.54. The number of rotatable bonds is 16. The summed E-state index contributed by atoms with van der Waals surface area (Å²) in [5.41, 5.74) is 2.80. The Bertz CT molecular complexity index is 1650. The van der Waals surface area contributed by atoms with Crippen molar-refractivity contribution in [3.63, 3.8) is 0 Å². The first-order chi connectivity index (χ1) is 23.8. The minimum atomic E-state index is -1.13. The molecule has 1 aliphatic rings. The van der Waals surface area contributed by atoms with Crippen molar-refractivity contribution in [1.82, 2.24) is 26.3 Å². The third-order valence-electron chi connectivity index (χ3n) is 9.20. The lowest BCUT2D eigenvalue weighted by Gasteiger charge is -2.30. The maximum absolute atomic E-state index is 13.5. The standard InChI is InChI=1S/C38H51N5O7/c1-21(2)16-30(41-37(49)29(14-15-44)40-36(48)26-18-25-11-7-9-13-28(25)39-20-26)31(45)17-23(5)35(47)42-33(22(3)4)38(50)43-34-27-12-8-6-10-24(27)19-32(34)46/h6-13,18,20-23,29-34,44-46H,14-17,19H2,1-5H3,(H,40,48)(H,41,49)(H,42,47)(H,43,50)/t23-,29+,30+,31+,32-,33+,34+/m1/s1. The van der Waals surface area contributed by atoms with Crippen LogP contribution in [0.1, 0.15) is 81.4 Å². The zero-order chi connectivity index (χ0) is 36.5. The van der Waals surface area contributed by atoms with Crippen molar-refractivity contribution < 1.29 is 34.5 Å². The third-order valence-corrected chi connectivity index (χ3v) is 9.20. The summed E-state index contributed by atoms with van der Waals surface area (Å²) in [5, 5.41) is 43.7. The predicted octanol–water partition coefficient (Wildman–Crippen LogP) is 2.55. The Morgan fingerprint density at radius 3 is 2.28 bits per heavy atom. The van der Waals surface area contributed by atoms with Crippen LogP contribution >= 0.6 is 0 Å². The van der Waals surface area contributed by atoms with Gasteiger partial charge in [-0.25, -0.2) is 0 Å². The molecule has 0 fully saturated rings. The number of para-hydroxylation sites is 1. The Labute approximate surface area is 293 Å². The largest absolute Gasteiger partial charge is 0.396 e. The van der Waals surface area contributed by atoms with Crippen molar-refractivity contribution in [3.8, 4) is 0 Å². The topological polar surface area (TPSA) is 190 Å². The van der Waals surface area contributed by atoms with E-state index in [2.05, 4.69) is 26.3 Å². The fourth-order valence-electron chi connectivity index (χ4n) is 6.39. The van der Waals surface area contributed by atoms with Crippen LogP contribution in [0.2, 0.25) is 0 Å². The number of aliphatic hydroxyl groups is 3. The van der Waals surface area contributed by atoms with E-state index in [4.69, 9.17) is 0 Å². The first kappa shape index (κ1) is 38.4. The summed E-state index contributed by atoms with van der Waals surface area (Å²) in [5.74, 6) is -2.87. The molecule has 2 aromatic carbocycles. The quantitative estimate of drug-likeness (QED) is 0.119. The molecule has 270 valence electrons. The van der Waals surface area contributed by atoms with Crippen LogP contribution in [0.3, 0.4) is 0 Å². The first-order valence-corrected chi connectivity index (χ1v) is 17.4. The molecular formula is C38H51N5O7. The number of amides is 4. The first-order valence-electron chi connectivity index (χ1n) is 17.4. The number of nitrogens with zero attached hydrogens (tertiary/aromatic N) is 1. The van der Waals surface area contributed by atoms with E-state index in [1.807, 2.05) is 76.2 Å². The molecule has 1 aliphatic carbocycles. The highest BCUT2D eigenvalue weighted by atomic mass is 16.3. The van der Waals surface area contributed by atoms with E-state index < -0.39 is 65.9 Å². The van der Waals surface area contributed by atoms with E-state index in [0.717, 1.165) is 22.0 Å². The highest BCUT2D eigenvalue weighted by Gasteiger charge is 2.36. The average molecular weight is 690 g/mol. The van der Waals surface area contributed by atoms with E-state index >= 15 is 0 Å². The van der Waals surface area contributed by atoms with Gasteiger partial charge in [-0.05, 0) is 54.4 Å². The lowest BCUT2D eigenvalue weighted by molar-refractivity contribution is -0.133. The molecule has 0 radical (unpaired) electrons. The summed E-state index contributed by atoms with van der Waals surface area (Å²) in [6.07, 6.45) is 0.273.